The molecular formula is C15H24O2Si. The maximum absolute atomic E-state index is 5.89. The average Bonchev–Trinajstić information content (AvgIpc) is 2.43. The first kappa shape index (κ1) is 15.2. The molecule has 3 heteroatoms. The van der Waals surface area contributed by atoms with Crippen LogP contribution in [0.25, 0.3) is 6.08 Å². The molecule has 0 N–H and O–H groups in total. The molecule has 0 heterocycles. The molecule has 2 nitrogen and oxygen atoms in total. The van der Waals surface area contributed by atoms with Crippen molar-refractivity contribution in [2.45, 2.75) is 32.4 Å². The summed E-state index contributed by atoms with van der Waals surface area (Å²) in [5, 5.41) is 0. The lowest BCUT2D eigenvalue weighted by molar-refractivity contribution is 0.139. The molecule has 18 heavy (non-hydrogen) atoms. The van der Waals surface area contributed by atoms with Gasteiger partial charge in [-0.2, -0.15) is 0 Å². The number of ether oxygens (including phenoxy) is 1. The van der Waals surface area contributed by atoms with Crippen LogP contribution in [0, 0.1) is 0 Å². The summed E-state index contributed by atoms with van der Waals surface area (Å²) >= 11 is 0. The van der Waals surface area contributed by atoms with Crippen molar-refractivity contribution in [3.63, 3.8) is 0 Å². The highest BCUT2D eigenvalue weighted by atomic mass is 28.2. The van der Waals surface area contributed by atoms with E-state index in [-0.39, 0.29) is 0 Å². The fourth-order valence-corrected chi connectivity index (χ4v) is 2.91. The van der Waals surface area contributed by atoms with Crippen LogP contribution >= 0.6 is 0 Å². The Kier molecular flexibility index (Phi) is 7.65. The molecule has 0 bridgehead atoms. The summed E-state index contributed by atoms with van der Waals surface area (Å²) in [6.45, 7) is 10.4. The molecule has 0 amide bonds. The van der Waals surface area contributed by atoms with Crippen LogP contribution < -0.4 is 0 Å². The molecule has 0 aromatic heterocycles. The lowest BCUT2D eigenvalue weighted by atomic mass is 10.1. The predicted octanol–water partition coefficient (Wildman–Crippen LogP) is 3.17. The fraction of sp³-hybridized carbons (Fsp3) is 0.467. The first-order valence-corrected chi connectivity index (χ1v) is 8.06. The minimum Gasteiger partial charge on any atom is -0.419 e. The van der Waals surface area contributed by atoms with E-state index in [2.05, 4.69) is 37.8 Å². The van der Waals surface area contributed by atoms with E-state index in [4.69, 9.17) is 9.16 Å². The fourth-order valence-electron chi connectivity index (χ4n) is 1.72. The van der Waals surface area contributed by atoms with Crippen molar-refractivity contribution in [3.8, 4) is 0 Å². The van der Waals surface area contributed by atoms with Crippen molar-refractivity contribution in [2.24, 2.45) is 0 Å². The highest BCUT2D eigenvalue weighted by Gasteiger charge is 2.07. The van der Waals surface area contributed by atoms with Crippen molar-refractivity contribution in [2.75, 3.05) is 13.2 Å². The molecule has 0 saturated heterocycles. The normalized spacial score (nSPS) is 13.0. The summed E-state index contributed by atoms with van der Waals surface area (Å²) in [7, 11) is -0.508. The number of hydrogen-bond donors (Lipinski definition) is 0. The highest BCUT2D eigenvalue weighted by Crippen LogP contribution is 2.12. The van der Waals surface area contributed by atoms with Gasteiger partial charge in [-0.1, -0.05) is 44.2 Å². The zero-order valence-corrected chi connectivity index (χ0v) is 12.9. The third-order valence-electron chi connectivity index (χ3n) is 2.94. The van der Waals surface area contributed by atoms with E-state index in [0.29, 0.717) is 5.54 Å². The van der Waals surface area contributed by atoms with Crippen molar-refractivity contribution in [1.29, 1.82) is 0 Å². The van der Waals surface area contributed by atoms with E-state index in [1.54, 1.807) is 0 Å². The van der Waals surface area contributed by atoms with Gasteiger partial charge in [0.05, 0.1) is 6.61 Å². The largest absolute Gasteiger partial charge is 0.419 e. The van der Waals surface area contributed by atoms with Crippen LogP contribution in [0.1, 0.15) is 31.4 Å². The van der Waals surface area contributed by atoms with E-state index in [1.165, 1.54) is 5.56 Å². The average molecular weight is 264 g/mol. The van der Waals surface area contributed by atoms with E-state index in [1.807, 2.05) is 13.0 Å². The first-order valence-electron chi connectivity index (χ1n) is 6.67. The molecule has 1 atom stereocenters. The van der Waals surface area contributed by atoms with E-state index >= 15 is 0 Å². The quantitative estimate of drug-likeness (QED) is 0.638. The van der Waals surface area contributed by atoms with Crippen LogP contribution in [-0.4, -0.2) is 23.0 Å². The molecule has 0 fully saturated rings. The van der Waals surface area contributed by atoms with E-state index in [9.17, 15) is 0 Å². The van der Waals surface area contributed by atoms with Gasteiger partial charge in [0.15, 0.2) is 9.76 Å². The Morgan fingerprint density at radius 1 is 1.39 bits per heavy atom. The molecule has 0 aliphatic carbocycles. The predicted molar refractivity (Wildman–Crippen MR) is 80.4 cm³/mol. The van der Waals surface area contributed by atoms with Crippen molar-refractivity contribution < 1.29 is 9.16 Å². The first-order chi connectivity index (χ1) is 8.80. The maximum Gasteiger partial charge on any atom is 0.167 e. The topological polar surface area (TPSA) is 18.5 Å². The van der Waals surface area contributed by atoms with Gasteiger partial charge >= 0.3 is 0 Å². The smallest absolute Gasteiger partial charge is 0.167 e. The van der Waals surface area contributed by atoms with Crippen LogP contribution in [-0.2, 0) is 15.8 Å². The zero-order valence-electron chi connectivity index (χ0n) is 11.5. The van der Waals surface area contributed by atoms with Gasteiger partial charge in [0.25, 0.3) is 0 Å². The van der Waals surface area contributed by atoms with Gasteiger partial charge in [0.2, 0.25) is 0 Å². The molecular weight excluding hydrogens is 240 g/mol. The van der Waals surface area contributed by atoms with Gasteiger partial charge in [-0.3, -0.25) is 0 Å². The molecule has 0 aliphatic rings. The third-order valence-corrected chi connectivity index (χ3v) is 4.67. The molecule has 0 radical (unpaired) electrons. The Balaban J connectivity index is 2.33. The molecule has 0 spiro atoms. The van der Waals surface area contributed by atoms with Gasteiger partial charge in [-0.25, -0.2) is 0 Å². The SMILES string of the molecule is C=Cc1cccc(CO[SiH2]C(CC)COCC)c1. The zero-order chi connectivity index (χ0) is 13.2. The third kappa shape index (κ3) is 5.62. The summed E-state index contributed by atoms with van der Waals surface area (Å²) in [6, 6.07) is 8.34. The van der Waals surface area contributed by atoms with Gasteiger partial charge in [0, 0.05) is 13.2 Å². The van der Waals surface area contributed by atoms with Gasteiger partial charge in [0.1, 0.15) is 0 Å². The van der Waals surface area contributed by atoms with Crippen LogP contribution in [0.5, 0.6) is 0 Å². The highest BCUT2D eigenvalue weighted by molar-refractivity contribution is 6.29. The minimum atomic E-state index is -0.508. The second kappa shape index (κ2) is 9.08. The van der Waals surface area contributed by atoms with Crippen LogP contribution in [0.15, 0.2) is 30.8 Å². The van der Waals surface area contributed by atoms with Gasteiger partial charge < -0.3 is 9.16 Å². The monoisotopic (exact) mass is 264 g/mol. The molecule has 1 unspecified atom stereocenters. The van der Waals surface area contributed by atoms with Gasteiger partial charge in [-0.15, -0.1) is 0 Å². The Bertz CT molecular complexity index is 352. The molecule has 0 aliphatic heterocycles. The summed E-state index contributed by atoms with van der Waals surface area (Å²) < 4.78 is 11.4. The van der Waals surface area contributed by atoms with Crippen molar-refractivity contribution in [3.05, 3.63) is 42.0 Å². The van der Waals surface area contributed by atoms with Crippen LogP contribution in [0.4, 0.5) is 0 Å². The summed E-state index contributed by atoms with van der Waals surface area (Å²) in [4.78, 5) is 0. The minimum absolute atomic E-state index is 0.508. The van der Waals surface area contributed by atoms with Crippen LogP contribution in [0.3, 0.4) is 0 Å². The standard InChI is InChI=1S/C15H24O2Si/c1-4-13-8-7-9-14(10-13)11-17-18-15(5-2)12-16-6-3/h4,7-10,15H,1,5-6,11-12,18H2,2-3H3. The van der Waals surface area contributed by atoms with E-state index < -0.39 is 9.76 Å². The summed E-state index contributed by atoms with van der Waals surface area (Å²) in [6.07, 6.45) is 3.02. The molecule has 0 saturated carbocycles. The number of hydrogen-bond acceptors (Lipinski definition) is 2. The lowest BCUT2D eigenvalue weighted by Gasteiger charge is -2.14. The molecule has 1 rings (SSSR count). The summed E-state index contributed by atoms with van der Waals surface area (Å²) in [5.74, 6) is 0. The molecule has 1 aromatic rings. The Morgan fingerprint density at radius 2 is 2.22 bits per heavy atom. The van der Waals surface area contributed by atoms with E-state index in [0.717, 1.165) is 31.8 Å². The maximum atomic E-state index is 5.89. The van der Waals surface area contributed by atoms with Crippen LogP contribution in [0.2, 0.25) is 5.54 Å². The Morgan fingerprint density at radius 3 is 2.89 bits per heavy atom. The number of rotatable bonds is 9. The second-order valence-electron chi connectivity index (χ2n) is 4.40. The molecule has 1 aromatic carbocycles. The Hall–Kier alpha value is -0.903. The molecule has 100 valence electrons. The van der Waals surface area contributed by atoms with Gasteiger partial charge in [-0.05, 0) is 29.7 Å². The number of benzene rings is 1. The lowest BCUT2D eigenvalue weighted by Crippen LogP contribution is -2.13. The second-order valence-corrected chi connectivity index (χ2v) is 6.29. The van der Waals surface area contributed by atoms with Crippen molar-refractivity contribution >= 4 is 15.8 Å². The van der Waals surface area contributed by atoms with Crippen molar-refractivity contribution in [1.82, 2.24) is 0 Å². The summed E-state index contributed by atoms with van der Waals surface area (Å²) in [5.41, 5.74) is 3.01. The Labute approximate surface area is 113 Å².